The average molecular weight is 402 g/mol. The molecule has 1 amide bonds. The Labute approximate surface area is 131 Å². The first-order valence-electron chi connectivity index (χ1n) is 5.51. The highest BCUT2D eigenvalue weighted by molar-refractivity contribution is 9.11. The standard InChI is InChI=1S/C12H10Br2N4O2/c1-6-2-10(17-16-6)12(20)18-15-5-7-3-8(13)11(19)9(14)4-7/h2-5,19H,1H3,(H,16,17)(H,18,20)/b15-5-. The van der Waals surface area contributed by atoms with E-state index in [2.05, 4.69) is 52.6 Å². The maximum atomic E-state index is 11.7. The number of hydrogen-bond acceptors (Lipinski definition) is 4. The van der Waals surface area contributed by atoms with Crippen molar-refractivity contribution in [3.8, 4) is 5.75 Å². The Kier molecular flexibility index (Phi) is 4.56. The zero-order valence-corrected chi connectivity index (χ0v) is 13.5. The predicted molar refractivity (Wildman–Crippen MR) is 81.9 cm³/mol. The largest absolute Gasteiger partial charge is 0.506 e. The number of rotatable bonds is 3. The van der Waals surface area contributed by atoms with Gasteiger partial charge in [0.15, 0.2) is 5.69 Å². The van der Waals surface area contributed by atoms with Gasteiger partial charge in [0, 0.05) is 5.69 Å². The number of amides is 1. The van der Waals surface area contributed by atoms with Crippen LogP contribution in [0, 0.1) is 6.92 Å². The molecule has 20 heavy (non-hydrogen) atoms. The first-order chi connectivity index (χ1) is 9.47. The van der Waals surface area contributed by atoms with Crippen molar-refractivity contribution < 1.29 is 9.90 Å². The molecular formula is C12H10Br2N4O2. The molecule has 0 saturated carbocycles. The summed E-state index contributed by atoms with van der Waals surface area (Å²) < 4.78 is 1.06. The predicted octanol–water partition coefficient (Wildman–Crippen LogP) is 2.71. The quantitative estimate of drug-likeness (QED) is 0.545. The van der Waals surface area contributed by atoms with E-state index in [-0.39, 0.29) is 11.4 Å². The molecule has 0 spiro atoms. The van der Waals surface area contributed by atoms with Gasteiger partial charge in [-0.25, -0.2) is 5.43 Å². The van der Waals surface area contributed by atoms with E-state index in [0.29, 0.717) is 14.5 Å². The molecule has 0 saturated heterocycles. The maximum Gasteiger partial charge on any atom is 0.291 e. The molecule has 2 rings (SSSR count). The fraction of sp³-hybridized carbons (Fsp3) is 0.0833. The molecule has 104 valence electrons. The number of aromatic nitrogens is 2. The molecule has 1 aromatic carbocycles. The van der Waals surface area contributed by atoms with Gasteiger partial charge in [0.1, 0.15) is 5.75 Å². The lowest BCUT2D eigenvalue weighted by Crippen LogP contribution is -2.18. The number of aryl methyl sites for hydroxylation is 1. The molecule has 8 heteroatoms. The summed E-state index contributed by atoms with van der Waals surface area (Å²) in [7, 11) is 0. The first kappa shape index (κ1) is 14.7. The van der Waals surface area contributed by atoms with Gasteiger partial charge in [0.2, 0.25) is 0 Å². The van der Waals surface area contributed by atoms with Crippen LogP contribution < -0.4 is 5.43 Å². The number of H-pyrrole nitrogens is 1. The van der Waals surface area contributed by atoms with Gasteiger partial charge in [-0.2, -0.15) is 10.2 Å². The van der Waals surface area contributed by atoms with Crippen molar-refractivity contribution in [1.29, 1.82) is 0 Å². The van der Waals surface area contributed by atoms with Gasteiger partial charge < -0.3 is 5.11 Å². The Morgan fingerprint density at radius 3 is 2.60 bits per heavy atom. The van der Waals surface area contributed by atoms with Crippen LogP contribution in [0.5, 0.6) is 5.75 Å². The monoisotopic (exact) mass is 400 g/mol. The average Bonchev–Trinajstić information content (AvgIpc) is 2.82. The summed E-state index contributed by atoms with van der Waals surface area (Å²) in [5.74, 6) is -0.291. The van der Waals surface area contributed by atoms with Crippen LogP contribution in [0.1, 0.15) is 21.7 Å². The molecule has 0 aliphatic rings. The van der Waals surface area contributed by atoms with Crippen molar-refractivity contribution in [3.05, 3.63) is 44.1 Å². The minimum atomic E-state index is -0.400. The number of benzene rings is 1. The third-order valence-electron chi connectivity index (χ3n) is 2.36. The summed E-state index contributed by atoms with van der Waals surface area (Å²) in [4.78, 5) is 11.7. The summed E-state index contributed by atoms with van der Waals surface area (Å²) in [6.45, 7) is 1.80. The Balaban J connectivity index is 2.05. The second-order valence-corrected chi connectivity index (χ2v) is 5.68. The summed E-state index contributed by atoms with van der Waals surface area (Å²) in [6, 6.07) is 4.97. The van der Waals surface area contributed by atoms with Crippen LogP contribution in [0.25, 0.3) is 0 Å². The van der Waals surface area contributed by atoms with E-state index in [9.17, 15) is 9.90 Å². The maximum absolute atomic E-state index is 11.7. The van der Waals surface area contributed by atoms with E-state index in [1.165, 1.54) is 6.21 Å². The lowest BCUT2D eigenvalue weighted by atomic mass is 10.2. The Bertz CT molecular complexity index is 659. The number of aromatic hydroxyl groups is 1. The molecule has 3 N–H and O–H groups in total. The van der Waals surface area contributed by atoms with Crippen LogP contribution in [-0.4, -0.2) is 27.4 Å². The van der Waals surface area contributed by atoms with E-state index in [1.54, 1.807) is 25.1 Å². The number of carbonyl (C=O) groups excluding carboxylic acids is 1. The SMILES string of the molecule is Cc1cc(C(=O)N/N=C\c2cc(Br)c(O)c(Br)c2)n[nH]1. The molecule has 1 heterocycles. The van der Waals surface area contributed by atoms with Crippen LogP contribution in [0.3, 0.4) is 0 Å². The lowest BCUT2D eigenvalue weighted by Gasteiger charge is -2.01. The summed E-state index contributed by atoms with van der Waals surface area (Å²) in [5.41, 5.74) is 4.15. The molecule has 0 unspecified atom stereocenters. The van der Waals surface area contributed by atoms with E-state index in [0.717, 1.165) is 5.69 Å². The van der Waals surface area contributed by atoms with Gasteiger partial charge in [-0.1, -0.05) is 0 Å². The van der Waals surface area contributed by atoms with Crippen LogP contribution >= 0.6 is 31.9 Å². The van der Waals surface area contributed by atoms with E-state index < -0.39 is 5.91 Å². The highest BCUT2D eigenvalue weighted by Gasteiger charge is 2.08. The lowest BCUT2D eigenvalue weighted by molar-refractivity contribution is 0.0950. The molecule has 0 fully saturated rings. The Morgan fingerprint density at radius 1 is 1.40 bits per heavy atom. The second-order valence-electron chi connectivity index (χ2n) is 3.97. The molecule has 0 aliphatic carbocycles. The third kappa shape index (κ3) is 3.45. The van der Waals surface area contributed by atoms with Crippen molar-refractivity contribution in [1.82, 2.24) is 15.6 Å². The number of nitrogens with one attached hydrogen (secondary N) is 2. The first-order valence-corrected chi connectivity index (χ1v) is 7.09. The second kappa shape index (κ2) is 6.19. The number of carbonyl (C=O) groups is 1. The van der Waals surface area contributed by atoms with Crippen molar-refractivity contribution in [3.63, 3.8) is 0 Å². The van der Waals surface area contributed by atoms with Crippen molar-refractivity contribution in [2.45, 2.75) is 6.92 Å². The van der Waals surface area contributed by atoms with E-state index in [1.807, 2.05) is 0 Å². The highest BCUT2D eigenvalue weighted by Crippen LogP contribution is 2.32. The number of hydrogen-bond donors (Lipinski definition) is 3. The summed E-state index contributed by atoms with van der Waals surface area (Å²) in [5, 5.41) is 19.9. The number of hydrazone groups is 1. The molecule has 2 aromatic rings. The smallest absolute Gasteiger partial charge is 0.291 e. The molecule has 0 atom stereocenters. The molecular weight excluding hydrogens is 392 g/mol. The van der Waals surface area contributed by atoms with Crippen molar-refractivity contribution >= 4 is 44.0 Å². The van der Waals surface area contributed by atoms with Crippen LogP contribution in [-0.2, 0) is 0 Å². The number of phenols is 1. The molecule has 0 radical (unpaired) electrons. The van der Waals surface area contributed by atoms with Gasteiger partial charge in [-0.05, 0) is 62.5 Å². The fourth-order valence-electron chi connectivity index (χ4n) is 1.42. The minimum absolute atomic E-state index is 0.109. The topological polar surface area (TPSA) is 90.4 Å². The summed E-state index contributed by atoms with van der Waals surface area (Å²) in [6.07, 6.45) is 1.46. The van der Waals surface area contributed by atoms with E-state index >= 15 is 0 Å². The Morgan fingerprint density at radius 2 is 2.05 bits per heavy atom. The number of aromatic amines is 1. The van der Waals surface area contributed by atoms with Crippen LogP contribution in [0.4, 0.5) is 0 Å². The number of phenolic OH excluding ortho intramolecular Hbond substituents is 1. The highest BCUT2D eigenvalue weighted by atomic mass is 79.9. The number of halogens is 2. The van der Waals surface area contributed by atoms with Gasteiger partial charge >= 0.3 is 0 Å². The number of nitrogens with zero attached hydrogens (tertiary/aromatic N) is 2. The van der Waals surface area contributed by atoms with Gasteiger partial charge in [0.05, 0.1) is 15.2 Å². The third-order valence-corrected chi connectivity index (χ3v) is 3.57. The van der Waals surface area contributed by atoms with Crippen LogP contribution in [0.2, 0.25) is 0 Å². The molecule has 1 aromatic heterocycles. The summed E-state index contributed by atoms with van der Waals surface area (Å²) >= 11 is 6.43. The fourth-order valence-corrected chi connectivity index (χ4v) is 2.64. The molecule has 0 bridgehead atoms. The molecule has 6 nitrogen and oxygen atoms in total. The Hall–Kier alpha value is -1.67. The zero-order chi connectivity index (χ0) is 14.7. The van der Waals surface area contributed by atoms with Crippen molar-refractivity contribution in [2.24, 2.45) is 5.10 Å². The normalized spacial score (nSPS) is 10.9. The minimum Gasteiger partial charge on any atom is -0.506 e. The zero-order valence-electron chi connectivity index (χ0n) is 10.3. The van der Waals surface area contributed by atoms with Gasteiger partial charge in [-0.15, -0.1) is 0 Å². The van der Waals surface area contributed by atoms with Crippen LogP contribution in [0.15, 0.2) is 32.2 Å². The van der Waals surface area contributed by atoms with E-state index in [4.69, 9.17) is 0 Å². The van der Waals surface area contributed by atoms with Crippen molar-refractivity contribution in [2.75, 3.05) is 0 Å². The van der Waals surface area contributed by atoms with Gasteiger partial charge in [-0.3, -0.25) is 9.89 Å². The molecule has 0 aliphatic heterocycles. The van der Waals surface area contributed by atoms with Gasteiger partial charge in [0.25, 0.3) is 5.91 Å².